The Labute approximate surface area is 194 Å². The van der Waals surface area contributed by atoms with Crippen molar-refractivity contribution in [3.63, 3.8) is 0 Å². The van der Waals surface area contributed by atoms with Gasteiger partial charge in [0, 0.05) is 34.4 Å². The number of ether oxygens (including phenoxy) is 1. The van der Waals surface area contributed by atoms with E-state index in [2.05, 4.69) is 30.5 Å². The van der Waals surface area contributed by atoms with Gasteiger partial charge >= 0.3 is 6.01 Å². The van der Waals surface area contributed by atoms with Crippen LogP contribution < -0.4 is 10.1 Å². The number of aromatic nitrogens is 5. The minimum atomic E-state index is -0.215. The van der Waals surface area contributed by atoms with Crippen molar-refractivity contribution in [1.82, 2.24) is 30.5 Å². The second-order valence-electron chi connectivity index (χ2n) is 7.55. The zero-order chi connectivity index (χ0) is 22.8. The molecule has 3 aromatic heterocycles. The third kappa shape index (κ3) is 4.47. The molecule has 33 heavy (non-hydrogen) atoms. The molecule has 9 heteroatoms. The van der Waals surface area contributed by atoms with E-state index in [1.54, 1.807) is 31.8 Å². The van der Waals surface area contributed by atoms with Crippen LogP contribution in [0.25, 0.3) is 21.8 Å². The molecule has 3 heterocycles. The lowest BCUT2D eigenvalue weighted by molar-refractivity contribution is 0.0950. The average molecular weight is 459 g/mol. The van der Waals surface area contributed by atoms with Crippen LogP contribution in [-0.4, -0.2) is 38.2 Å². The van der Waals surface area contributed by atoms with Crippen LogP contribution in [0.4, 0.5) is 0 Å². The van der Waals surface area contributed by atoms with Crippen molar-refractivity contribution in [2.24, 2.45) is 0 Å². The highest BCUT2D eigenvalue weighted by Gasteiger charge is 2.11. The molecule has 2 N–H and O–H groups in total. The number of nitrogens with one attached hydrogen (secondary N) is 2. The molecule has 8 nitrogen and oxygen atoms in total. The van der Waals surface area contributed by atoms with Gasteiger partial charge in [0.05, 0.1) is 35.9 Å². The van der Waals surface area contributed by atoms with Gasteiger partial charge in [0.25, 0.3) is 5.91 Å². The molecule has 0 unspecified atom stereocenters. The fourth-order valence-electron chi connectivity index (χ4n) is 3.66. The molecular formula is C24H19ClN6O2. The summed E-state index contributed by atoms with van der Waals surface area (Å²) in [7, 11) is 1.54. The lowest BCUT2D eigenvalue weighted by atomic mass is 10.0. The Kier molecular flexibility index (Phi) is 5.58. The zero-order valence-electron chi connectivity index (χ0n) is 17.7. The van der Waals surface area contributed by atoms with Gasteiger partial charge in [-0.05, 0) is 53.9 Å². The van der Waals surface area contributed by atoms with Crippen molar-refractivity contribution >= 4 is 39.3 Å². The molecule has 0 atom stereocenters. The van der Waals surface area contributed by atoms with Crippen molar-refractivity contribution in [2.45, 2.75) is 13.0 Å². The van der Waals surface area contributed by atoms with E-state index in [0.29, 0.717) is 29.6 Å². The maximum atomic E-state index is 12.7. The molecule has 0 fully saturated rings. The number of benzene rings is 2. The summed E-state index contributed by atoms with van der Waals surface area (Å²) in [5.41, 5.74) is 4.88. The molecule has 0 bridgehead atoms. The molecule has 5 rings (SSSR count). The van der Waals surface area contributed by atoms with E-state index in [1.807, 2.05) is 36.4 Å². The van der Waals surface area contributed by atoms with Gasteiger partial charge in [0.2, 0.25) is 0 Å². The molecule has 0 aliphatic rings. The molecular weight excluding hydrogens is 440 g/mol. The normalized spacial score (nSPS) is 11.1. The Bertz CT molecular complexity index is 1480. The highest BCUT2D eigenvalue weighted by molar-refractivity contribution is 6.31. The van der Waals surface area contributed by atoms with Crippen LogP contribution in [0.1, 0.15) is 27.2 Å². The largest absolute Gasteiger partial charge is 0.467 e. The summed E-state index contributed by atoms with van der Waals surface area (Å²) in [5.74, 6) is -0.215. The number of carbonyl (C=O) groups excluding carboxylic acids is 1. The molecule has 5 aromatic rings. The average Bonchev–Trinajstić information content (AvgIpc) is 3.24. The number of fused-ring (bicyclic) bond motifs is 2. The first kappa shape index (κ1) is 20.8. The first-order chi connectivity index (χ1) is 16.1. The molecule has 0 saturated carbocycles. The lowest BCUT2D eigenvalue weighted by Crippen LogP contribution is -2.23. The lowest BCUT2D eigenvalue weighted by Gasteiger charge is -2.07. The minimum Gasteiger partial charge on any atom is -0.467 e. The van der Waals surface area contributed by atoms with Crippen LogP contribution in [0.3, 0.4) is 0 Å². The second kappa shape index (κ2) is 8.84. The van der Waals surface area contributed by atoms with Crippen molar-refractivity contribution in [3.8, 4) is 6.01 Å². The summed E-state index contributed by atoms with van der Waals surface area (Å²) in [6.45, 7) is 0.300. The Hall–Kier alpha value is -4.04. The smallest absolute Gasteiger partial charge is 0.316 e. The van der Waals surface area contributed by atoms with Crippen LogP contribution >= 0.6 is 11.6 Å². The topological polar surface area (TPSA) is 106 Å². The third-order valence-electron chi connectivity index (χ3n) is 5.29. The van der Waals surface area contributed by atoms with Gasteiger partial charge in [-0.3, -0.25) is 14.9 Å². The van der Waals surface area contributed by atoms with E-state index in [9.17, 15) is 4.79 Å². The monoisotopic (exact) mass is 458 g/mol. The summed E-state index contributed by atoms with van der Waals surface area (Å²) in [5, 5.41) is 12.5. The number of rotatable bonds is 6. The van der Waals surface area contributed by atoms with Gasteiger partial charge in [0.15, 0.2) is 0 Å². The standard InChI is InChI=1S/C24H19ClN6O2/c1-33-24-28-12-16-7-14(2-4-20(16)29-24)6-15-8-17(11-26-10-15)23(32)27-13-22-19-9-18(25)3-5-21(19)30-31-22/h2-5,7-12H,6,13H2,1H3,(H,27,32)(H,30,31). The number of aromatic amines is 1. The molecule has 0 saturated heterocycles. The van der Waals surface area contributed by atoms with E-state index in [1.165, 1.54) is 0 Å². The molecule has 0 aliphatic heterocycles. The number of halogens is 1. The Morgan fingerprint density at radius 2 is 1.94 bits per heavy atom. The predicted octanol–water partition coefficient (Wildman–Crippen LogP) is 4.08. The van der Waals surface area contributed by atoms with Crippen molar-refractivity contribution in [2.75, 3.05) is 7.11 Å². The van der Waals surface area contributed by atoms with Crippen LogP contribution in [-0.2, 0) is 13.0 Å². The number of amides is 1. The van der Waals surface area contributed by atoms with Crippen LogP contribution in [0.2, 0.25) is 5.02 Å². The number of hydrogen-bond donors (Lipinski definition) is 2. The van der Waals surface area contributed by atoms with Gasteiger partial charge < -0.3 is 10.1 Å². The molecule has 2 aromatic carbocycles. The van der Waals surface area contributed by atoms with Crippen molar-refractivity contribution in [3.05, 3.63) is 88.5 Å². The predicted molar refractivity (Wildman–Crippen MR) is 125 cm³/mol. The maximum absolute atomic E-state index is 12.7. The SMILES string of the molecule is COc1ncc2cc(Cc3cncc(C(=O)NCc4[nH]nc5ccc(Cl)cc45)c3)ccc2n1. The summed E-state index contributed by atoms with van der Waals surface area (Å²) in [6.07, 6.45) is 5.68. The quantitative estimate of drug-likeness (QED) is 0.397. The molecule has 0 radical (unpaired) electrons. The number of H-pyrrole nitrogens is 1. The van der Waals surface area contributed by atoms with Gasteiger partial charge in [-0.15, -0.1) is 0 Å². The Balaban J connectivity index is 1.29. The van der Waals surface area contributed by atoms with Crippen LogP contribution in [0.5, 0.6) is 6.01 Å². The number of nitrogens with zero attached hydrogens (tertiary/aromatic N) is 4. The molecule has 0 spiro atoms. The van der Waals surface area contributed by atoms with E-state index < -0.39 is 0 Å². The summed E-state index contributed by atoms with van der Waals surface area (Å²) in [6, 6.07) is 13.6. The summed E-state index contributed by atoms with van der Waals surface area (Å²) < 4.78 is 5.07. The third-order valence-corrected chi connectivity index (χ3v) is 5.53. The van der Waals surface area contributed by atoms with Crippen LogP contribution in [0, 0.1) is 0 Å². The first-order valence-corrected chi connectivity index (χ1v) is 10.6. The molecule has 164 valence electrons. The van der Waals surface area contributed by atoms with E-state index in [0.717, 1.165) is 38.6 Å². The zero-order valence-corrected chi connectivity index (χ0v) is 18.4. The fourth-order valence-corrected chi connectivity index (χ4v) is 3.83. The van der Waals surface area contributed by atoms with Crippen molar-refractivity contribution < 1.29 is 9.53 Å². The van der Waals surface area contributed by atoms with Crippen molar-refractivity contribution in [1.29, 1.82) is 0 Å². The highest BCUT2D eigenvalue weighted by Crippen LogP contribution is 2.21. The van der Waals surface area contributed by atoms with E-state index in [-0.39, 0.29) is 5.91 Å². The number of pyridine rings is 1. The number of carbonyl (C=O) groups is 1. The highest BCUT2D eigenvalue weighted by atomic mass is 35.5. The van der Waals surface area contributed by atoms with Gasteiger partial charge in [-0.2, -0.15) is 10.1 Å². The van der Waals surface area contributed by atoms with Gasteiger partial charge in [0.1, 0.15) is 0 Å². The molecule has 1 amide bonds. The summed E-state index contributed by atoms with van der Waals surface area (Å²) >= 11 is 6.09. The fraction of sp³-hybridized carbons (Fsp3) is 0.125. The second-order valence-corrected chi connectivity index (χ2v) is 7.99. The van der Waals surface area contributed by atoms with Gasteiger partial charge in [-0.1, -0.05) is 17.7 Å². The maximum Gasteiger partial charge on any atom is 0.316 e. The van der Waals surface area contributed by atoms with Crippen LogP contribution in [0.15, 0.2) is 61.1 Å². The van der Waals surface area contributed by atoms with E-state index in [4.69, 9.17) is 16.3 Å². The Morgan fingerprint density at radius 1 is 1.06 bits per heavy atom. The number of hydrogen-bond acceptors (Lipinski definition) is 6. The summed E-state index contributed by atoms with van der Waals surface area (Å²) in [4.78, 5) is 25.5. The van der Waals surface area contributed by atoms with E-state index >= 15 is 0 Å². The number of methoxy groups -OCH3 is 1. The van der Waals surface area contributed by atoms with Gasteiger partial charge in [-0.25, -0.2) is 4.98 Å². The Morgan fingerprint density at radius 3 is 2.82 bits per heavy atom. The first-order valence-electron chi connectivity index (χ1n) is 10.2. The molecule has 0 aliphatic carbocycles. The minimum absolute atomic E-state index is 0.215.